The summed E-state index contributed by atoms with van der Waals surface area (Å²) < 4.78 is 0. The molecule has 26 heavy (non-hydrogen) atoms. The van der Waals surface area contributed by atoms with Gasteiger partial charge in [0.1, 0.15) is 0 Å². The van der Waals surface area contributed by atoms with E-state index >= 15 is 0 Å². The molecule has 2 aliphatic rings. The van der Waals surface area contributed by atoms with Gasteiger partial charge >= 0.3 is 0 Å². The van der Waals surface area contributed by atoms with Gasteiger partial charge in [0, 0.05) is 36.5 Å². The molecule has 1 amide bonds. The summed E-state index contributed by atoms with van der Waals surface area (Å²) in [6.07, 6.45) is 6.00. The van der Waals surface area contributed by atoms with Crippen LogP contribution in [-0.4, -0.2) is 40.6 Å². The molecule has 1 atom stereocenters. The minimum atomic E-state index is -0.325. The fourth-order valence-electron chi connectivity index (χ4n) is 4.02. The van der Waals surface area contributed by atoms with Crippen LogP contribution in [0.4, 0.5) is 0 Å². The number of piperidine rings is 1. The number of H-pyrrole nitrogens is 1. The number of aromatic amines is 1. The Morgan fingerprint density at radius 2 is 2.12 bits per heavy atom. The largest absolute Gasteiger partial charge is 0.355 e. The van der Waals surface area contributed by atoms with Crippen molar-refractivity contribution in [3.8, 4) is 0 Å². The standard InChI is InChI=1S/C20H25ClN4O/c21-17-5-3-16(4-6-17)20(8-9-20)19(26)22-12-15-2-1-11-25(13-15)14-18-7-10-23-24-18/h3-7,10,15H,1-2,8-9,11-14H2,(H,22,26)(H,23,24)/t15-/m1/s1. The molecule has 0 radical (unpaired) electrons. The Balaban J connectivity index is 1.30. The first-order valence-electron chi connectivity index (χ1n) is 9.41. The van der Waals surface area contributed by atoms with E-state index in [9.17, 15) is 4.79 Å². The van der Waals surface area contributed by atoms with Crippen molar-refractivity contribution in [2.45, 2.75) is 37.6 Å². The van der Waals surface area contributed by atoms with E-state index in [2.05, 4.69) is 20.4 Å². The molecule has 2 heterocycles. The first-order chi connectivity index (χ1) is 12.7. The third-order valence-electron chi connectivity index (χ3n) is 5.69. The average Bonchev–Trinajstić information content (AvgIpc) is 3.31. The first kappa shape index (κ1) is 17.6. The Morgan fingerprint density at radius 3 is 2.81 bits per heavy atom. The number of nitrogens with one attached hydrogen (secondary N) is 2. The molecule has 1 saturated heterocycles. The van der Waals surface area contributed by atoms with E-state index in [-0.39, 0.29) is 11.3 Å². The third-order valence-corrected chi connectivity index (χ3v) is 5.94. The molecule has 4 rings (SSSR count). The quantitative estimate of drug-likeness (QED) is 0.819. The van der Waals surface area contributed by atoms with Crippen molar-refractivity contribution in [2.24, 2.45) is 5.92 Å². The molecule has 6 heteroatoms. The van der Waals surface area contributed by atoms with Gasteiger partial charge in [0.2, 0.25) is 5.91 Å². The van der Waals surface area contributed by atoms with Crippen molar-refractivity contribution in [1.29, 1.82) is 0 Å². The van der Waals surface area contributed by atoms with Gasteiger partial charge in [-0.2, -0.15) is 5.10 Å². The Hall–Kier alpha value is -1.85. The van der Waals surface area contributed by atoms with Gasteiger partial charge in [-0.15, -0.1) is 0 Å². The Kier molecular flexibility index (Phi) is 5.00. The SMILES string of the molecule is O=C(NC[C@H]1CCCN(Cc2ccn[nH]2)C1)C1(c2ccc(Cl)cc2)CC1. The highest BCUT2D eigenvalue weighted by Gasteiger charge is 2.51. The minimum absolute atomic E-state index is 0.172. The van der Waals surface area contributed by atoms with E-state index in [1.54, 1.807) is 6.20 Å². The number of hydrogen-bond acceptors (Lipinski definition) is 3. The molecule has 5 nitrogen and oxygen atoms in total. The second kappa shape index (κ2) is 7.41. The van der Waals surface area contributed by atoms with E-state index in [4.69, 9.17) is 11.6 Å². The normalized spacial score (nSPS) is 22.1. The van der Waals surface area contributed by atoms with E-state index in [1.165, 1.54) is 12.8 Å². The predicted octanol–water partition coefficient (Wildman–Crippen LogP) is 3.12. The van der Waals surface area contributed by atoms with Gasteiger partial charge in [-0.3, -0.25) is 14.8 Å². The molecule has 1 aromatic heterocycles. The summed E-state index contributed by atoms with van der Waals surface area (Å²) in [6, 6.07) is 9.75. The first-order valence-corrected chi connectivity index (χ1v) is 9.78. The van der Waals surface area contributed by atoms with Gasteiger partial charge in [0.15, 0.2) is 0 Å². The summed E-state index contributed by atoms with van der Waals surface area (Å²) in [6.45, 7) is 3.79. The van der Waals surface area contributed by atoms with Crippen LogP contribution in [0, 0.1) is 5.92 Å². The monoisotopic (exact) mass is 372 g/mol. The van der Waals surface area contributed by atoms with Gasteiger partial charge in [-0.25, -0.2) is 0 Å². The molecule has 2 fully saturated rings. The minimum Gasteiger partial charge on any atom is -0.355 e. The topological polar surface area (TPSA) is 61.0 Å². The third kappa shape index (κ3) is 3.79. The number of hydrogen-bond donors (Lipinski definition) is 2. The molecule has 2 aromatic rings. The van der Waals surface area contributed by atoms with Crippen LogP contribution < -0.4 is 5.32 Å². The molecule has 138 valence electrons. The predicted molar refractivity (Wildman–Crippen MR) is 102 cm³/mol. The summed E-state index contributed by atoms with van der Waals surface area (Å²) in [4.78, 5) is 15.3. The number of benzene rings is 1. The zero-order valence-corrected chi connectivity index (χ0v) is 15.6. The maximum Gasteiger partial charge on any atom is 0.230 e. The lowest BCUT2D eigenvalue weighted by Gasteiger charge is -2.32. The van der Waals surface area contributed by atoms with Crippen LogP contribution in [0.3, 0.4) is 0 Å². The highest BCUT2D eigenvalue weighted by Crippen LogP contribution is 2.48. The zero-order valence-electron chi connectivity index (χ0n) is 14.9. The van der Waals surface area contributed by atoms with Crippen LogP contribution in [0.25, 0.3) is 0 Å². The molecular weight excluding hydrogens is 348 g/mol. The van der Waals surface area contributed by atoms with Gasteiger partial charge in [-0.05, 0) is 61.9 Å². The number of halogens is 1. The summed E-state index contributed by atoms with van der Waals surface area (Å²) in [7, 11) is 0. The van der Waals surface area contributed by atoms with E-state index < -0.39 is 0 Å². The van der Waals surface area contributed by atoms with E-state index in [0.29, 0.717) is 10.9 Å². The van der Waals surface area contributed by atoms with Gasteiger partial charge in [-0.1, -0.05) is 23.7 Å². The Morgan fingerprint density at radius 1 is 1.31 bits per heavy atom. The highest BCUT2D eigenvalue weighted by atomic mass is 35.5. The average molecular weight is 373 g/mol. The Labute approximate surface area is 159 Å². The number of rotatable bonds is 6. The van der Waals surface area contributed by atoms with Crippen molar-refractivity contribution < 1.29 is 4.79 Å². The van der Waals surface area contributed by atoms with Crippen molar-refractivity contribution >= 4 is 17.5 Å². The van der Waals surface area contributed by atoms with Crippen molar-refractivity contribution in [3.63, 3.8) is 0 Å². The molecular formula is C20H25ClN4O. The maximum absolute atomic E-state index is 12.8. The molecule has 1 aromatic carbocycles. The lowest BCUT2D eigenvalue weighted by atomic mass is 9.93. The van der Waals surface area contributed by atoms with Gasteiger partial charge < -0.3 is 5.32 Å². The van der Waals surface area contributed by atoms with E-state index in [0.717, 1.165) is 50.3 Å². The van der Waals surface area contributed by atoms with Crippen LogP contribution in [0.1, 0.15) is 36.9 Å². The van der Waals surface area contributed by atoms with Gasteiger partial charge in [0.05, 0.1) is 5.41 Å². The second-order valence-electron chi connectivity index (χ2n) is 7.62. The number of nitrogens with zero attached hydrogens (tertiary/aromatic N) is 2. The lowest BCUT2D eigenvalue weighted by Crippen LogP contribution is -2.43. The van der Waals surface area contributed by atoms with Crippen molar-refractivity contribution in [1.82, 2.24) is 20.4 Å². The van der Waals surface area contributed by atoms with E-state index in [1.807, 2.05) is 30.3 Å². The van der Waals surface area contributed by atoms with Gasteiger partial charge in [0.25, 0.3) is 0 Å². The fraction of sp³-hybridized carbons (Fsp3) is 0.500. The summed E-state index contributed by atoms with van der Waals surface area (Å²) in [5, 5.41) is 11.0. The second-order valence-corrected chi connectivity index (χ2v) is 8.06. The molecule has 0 bridgehead atoms. The van der Waals surface area contributed by atoms with Crippen LogP contribution in [0.2, 0.25) is 5.02 Å². The van der Waals surface area contributed by atoms with Crippen LogP contribution in [0.5, 0.6) is 0 Å². The molecule has 1 aliphatic heterocycles. The zero-order chi connectivity index (χ0) is 18.0. The lowest BCUT2D eigenvalue weighted by molar-refractivity contribution is -0.123. The Bertz CT molecular complexity index is 740. The van der Waals surface area contributed by atoms with Crippen molar-refractivity contribution in [3.05, 3.63) is 52.8 Å². The van der Waals surface area contributed by atoms with Crippen LogP contribution in [0.15, 0.2) is 36.5 Å². The summed E-state index contributed by atoms with van der Waals surface area (Å²) in [5.74, 6) is 0.683. The molecule has 1 saturated carbocycles. The molecule has 0 unspecified atom stereocenters. The maximum atomic E-state index is 12.8. The van der Waals surface area contributed by atoms with Crippen LogP contribution in [-0.2, 0) is 16.8 Å². The number of carbonyl (C=O) groups is 1. The molecule has 1 aliphatic carbocycles. The highest BCUT2D eigenvalue weighted by molar-refractivity contribution is 6.30. The molecule has 0 spiro atoms. The number of aromatic nitrogens is 2. The summed E-state index contributed by atoms with van der Waals surface area (Å²) >= 11 is 5.98. The molecule has 2 N–H and O–H groups in total. The number of carbonyl (C=O) groups excluding carboxylic acids is 1. The number of amides is 1. The summed E-state index contributed by atoms with van der Waals surface area (Å²) in [5.41, 5.74) is 1.91. The fourth-order valence-corrected chi connectivity index (χ4v) is 4.15. The van der Waals surface area contributed by atoms with Crippen LogP contribution >= 0.6 is 11.6 Å². The van der Waals surface area contributed by atoms with Crippen molar-refractivity contribution in [2.75, 3.05) is 19.6 Å². The smallest absolute Gasteiger partial charge is 0.230 e. The number of likely N-dealkylation sites (tertiary alicyclic amines) is 1.